The number of sulfonamides is 1. The highest BCUT2D eigenvalue weighted by atomic mass is 32.2. The van der Waals surface area contributed by atoms with Gasteiger partial charge in [-0.15, -0.1) is 0 Å². The summed E-state index contributed by atoms with van der Waals surface area (Å²) in [5.74, 6) is 0. The first-order valence-electron chi connectivity index (χ1n) is 11.8. The van der Waals surface area contributed by atoms with Crippen molar-refractivity contribution in [3.8, 4) is 0 Å². The SMILES string of the molecule is CC(C)(C)S(=O)(=O)N(CCCCCCN1CC(O)C(O)CC1CO)C1CCCCC1. The summed E-state index contributed by atoms with van der Waals surface area (Å²) in [4.78, 5) is 2.07. The van der Waals surface area contributed by atoms with Gasteiger partial charge >= 0.3 is 0 Å². The highest BCUT2D eigenvalue weighted by molar-refractivity contribution is 7.90. The zero-order valence-corrected chi connectivity index (χ0v) is 20.0. The van der Waals surface area contributed by atoms with E-state index in [1.54, 1.807) is 25.1 Å². The van der Waals surface area contributed by atoms with Crippen molar-refractivity contribution in [2.75, 3.05) is 26.2 Å². The molecule has 1 aliphatic heterocycles. The monoisotopic (exact) mass is 448 g/mol. The fraction of sp³-hybridized carbons (Fsp3) is 1.00. The van der Waals surface area contributed by atoms with E-state index in [-0.39, 0.29) is 18.7 Å². The van der Waals surface area contributed by atoms with E-state index in [0.717, 1.165) is 57.9 Å². The lowest BCUT2D eigenvalue weighted by atomic mass is 9.95. The lowest BCUT2D eigenvalue weighted by Crippen LogP contribution is -2.53. The molecule has 3 N–H and O–H groups in total. The van der Waals surface area contributed by atoms with Gasteiger partial charge in [-0.05, 0) is 59.4 Å². The average molecular weight is 449 g/mol. The maximum atomic E-state index is 13.2. The maximum absolute atomic E-state index is 13.2. The van der Waals surface area contributed by atoms with Gasteiger partial charge < -0.3 is 15.3 Å². The molecule has 0 bridgehead atoms. The Morgan fingerprint density at radius 1 is 0.967 bits per heavy atom. The van der Waals surface area contributed by atoms with Crippen LogP contribution in [-0.2, 0) is 10.0 Å². The van der Waals surface area contributed by atoms with Crippen LogP contribution in [0, 0.1) is 0 Å². The molecule has 0 aromatic carbocycles. The van der Waals surface area contributed by atoms with Crippen LogP contribution in [0.1, 0.15) is 85.0 Å². The van der Waals surface area contributed by atoms with E-state index >= 15 is 0 Å². The number of piperidine rings is 1. The van der Waals surface area contributed by atoms with Gasteiger partial charge in [0.05, 0.1) is 23.6 Å². The second-order valence-corrected chi connectivity index (χ2v) is 12.8. The minimum Gasteiger partial charge on any atom is -0.395 e. The minimum atomic E-state index is -3.32. The zero-order valence-electron chi connectivity index (χ0n) is 19.2. The summed E-state index contributed by atoms with van der Waals surface area (Å²) in [6.07, 6.45) is 8.02. The maximum Gasteiger partial charge on any atom is 0.219 e. The Bertz CT molecular complexity index is 601. The van der Waals surface area contributed by atoms with E-state index < -0.39 is 27.0 Å². The van der Waals surface area contributed by atoms with Crippen LogP contribution in [0.5, 0.6) is 0 Å². The summed E-state index contributed by atoms with van der Waals surface area (Å²) in [6, 6.07) is 0.0525. The van der Waals surface area contributed by atoms with Crippen LogP contribution in [0.3, 0.4) is 0 Å². The van der Waals surface area contributed by atoms with Crippen molar-refractivity contribution in [2.24, 2.45) is 0 Å². The standard InChI is InChI=1S/C22H44N2O5S/c1-22(2,3)30(28,29)24(18-11-7-6-8-12-18)14-10-5-4-9-13-23-16-21(27)20(26)15-19(23)17-25/h18-21,25-27H,4-17H2,1-3H3. The Kier molecular flexibility index (Phi) is 10.0. The number of β-amino-alcohol motifs (C(OH)–C–C–N with tert-alkyl or cyclic N) is 1. The Labute approximate surface area is 183 Å². The van der Waals surface area contributed by atoms with Gasteiger partial charge in [-0.25, -0.2) is 8.42 Å². The van der Waals surface area contributed by atoms with Crippen molar-refractivity contribution < 1.29 is 23.7 Å². The molecule has 7 nitrogen and oxygen atoms in total. The summed E-state index contributed by atoms with van der Waals surface area (Å²) in [5.41, 5.74) is 0. The molecule has 2 aliphatic rings. The summed E-state index contributed by atoms with van der Waals surface area (Å²) >= 11 is 0. The molecular weight excluding hydrogens is 404 g/mol. The topological polar surface area (TPSA) is 101 Å². The molecule has 8 heteroatoms. The fourth-order valence-electron chi connectivity index (χ4n) is 4.72. The van der Waals surface area contributed by atoms with Crippen LogP contribution >= 0.6 is 0 Å². The van der Waals surface area contributed by atoms with Crippen molar-refractivity contribution >= 4 is 10.0 Å². The number of rotatable bonds is 10. The van der Waals surface area contributed by atoms with Crippen molar-refractivity contribution in [2.45, 2.75) is 114 Å². The molecule has 1 saturated carbocycles. The molecular formula is C22H44N2O5S. The lowest BCUT2D eigenvalue weighted by Gasteiger charge is -2.39. The van der Waals surface area contributed by atoms with E-state index in [9.17, 15) is 23.7 Å². The average Bonchev–Trinajstić information content (AvgIpc) is 2.69. The first-order chi connectivity index (χ1) is 14.1. The van der Waals surface area contributed by atoms with E-state index in [1.165, 1.54) is 6.42 Å². The first-order valence-corrected chi connectivity index (χ1v) is 13.2. The quantitative estimate of drug-likeness (QED) is 0.443. The van der Waals surface area contributed by atoms with Crippen LogP contribution in [-0.4, -0.2) is 88.2 Å². The zero-order chi connectivity index (χ0) is 22.4. The summed E-state index contributed by atoms with van der Waals surface area (Å²) in [5, 5.41) is 29.2. The molecule has 2 fully saturated rings. The van der Waals surface area contributed by atoms with Gasteiger partial charge in [-0.1, -0.05) is 32.1 Å². The third-order valence-electron chi connectivity index (χ3n) is 6.74. The molecule has 1 saturated heterocycles. The minimum absolute atomic E-state index is 0.00914. The number of hydrogen-bond acceptors (Lipinski definition) is 6. The second kappa shape index (κ2) is 11.6. The number of likely N-dealkylation sites (tertiary alicyclic amines) is 1. The third kappa shape index (κ3) is 6.87. The first kappa shape index (κ1) is 26.0. The van der Waals surface area contributed by atoms with Crippen LogP contribution in [0.4, 0.5) is 0 Å². The molecule has 0 radical (unpaired) electrons. The summed E-state index contributed by atoms with van der Waals surface area (Å²) < 4.78 is 27.3. The summed E-state index contributed by atoms with van der Waals surface area (Å²) in [7, 11) is -3.32. The highest BCUT2D eigenvalue weighted by Gasteiger charge is 2.39. The Morgan fingerprint density at radius 2 is 1.60 bits per heavy atom. The van der Waals surface area contributed by atoms with Gasteiger partial charge in [0.15, 0.2) is 0 Å². The normalized spacial score (nSPS) is 27.6. The predicted octanol–water partition coefficient (Wildman–Crippen LogP) is 2.10. The van der Waals surface area contributed by atoms with Crippen LogP contribution in [0.25, 0.3) is 0 Å². The number of unbranched alkanes of at least 4 members (excludes halogenated alkanes) is 3. The number of aliphatic hydroxyl groups excluding tert-OH is 3. The third-order valence-corrected chi connectivity index (χ3v) is 9.39. The molecule has 2 rings (SSSR count). The molecule has 3 unspecified atom stereocenters. The van der Waals surface area contributed by atoms with Crippen molar-refractivity contribution in [3.05, 3.63) is 0 Å². The van der Waals surface area contributed by atoms with Crippen molar-refractivity contribution in [1.29, 1.82) is 0 Å². The van der Waals surface area contributed by atoms with E-state index in [0.29, 0.717) is 19.5 Å². The lowest BCUT2D eigenvalue weighted by molar-refractivity contribution is -0.0710. The van der Waals surface area contributed by atoms with E-state index in [2.05, 4.69) is 4.90 Å². The van der Waals surface area contributed by atoms with Gasteiger partial charge in [-0.2, -0.15) is 4.31 Å². The van der Waals surface area contributed by atoms with Gasteiger partial charge in [0.2, 0.25) is 10.0 Å². The van der Waals surface area contributed by atoms with Crippen LogP contribution in [0.15, 0.2) is 0 Å². The molecule has 1 aliphatic carbocycles. The fourth-order valence-corrected chi connectivity index (χ4v) is 6.39. The van der Waals surface area contributed by atoms with E-state index in [4.69, 9.17) is 0 Å². The van der Waals surface area contributed by atoms with Gasteiger partial charge in [-0.3, -0.25) is 4.90 Å². The molecule has 178 valence electrons. The van der Waals surface area contributed by atoms with Gasteiger partial charge in [0, 0.05) is 25.2 Å². The predicted molar refractivity (Wildman–Crippen MR) is 120 cm³/mol. The Balaban J connectivity index is 1.79. The largest absolute Gasteiger partial charge is 0.395 e. The van der Waals surface area contributed by atoms with Crippen LogP contribution < -0.4 is 0 Å². The van der Waals surface area contributed by atoms with Gasteiger partial charge in [0.25, 0.3) is 0 Å². The molecule has 3 atom stereocenters. The molecule has 30 heavy (non-hydrogen) atoms. The smallest absolute Gasteiger partial charge is 0.219 e. The molecule has 0 aromatic heterocycles. The molecule has 0 spiro atoms. The van der Waals surface area contributed by atoms with Gasteiger partial charge in [0.1, 0.15) is 0 Å². The number of nitrogens with zero attached hydrogens (tertiary/aromatic N) is 2. The number of hydrogen-bond donors (Lipinski definition) is 3. The Hall–Kier alpha value is -0.250. The molecule has 1 heterocycles. The molecule has 0 amide bonds. The summed E-state index contributed by atoms with van der Waals surface area (Å²) in [6.45, 7) is 7.13. The number of aliphatic hydroxyl groups is 3. The highest BCUT2D eigenvalue weighted by Crippen LogP contribution is 2.30. The van der Waals surface area contributed by atoms with Crippen molar-refractivity contribution in [1.82, 2.24) is 9.21 Å². The van der Waals surface area contributed by atoms with E-state index in [1.807, 2.05) is 0 Å². The van der Waals surface area contributed by atoms with Crippen molar-refractivity contribution in [3.63, 3.8) is 0 Å². The van der Waals surface area contributed by atoms with Crippen LogP contribution in [0.2, 0.25) is 0 Å². The molecule has 0 aromatic rings. The Morgan fingerprint density at radius 3 is 2.20 bits per heavy atom. The second-order valence-electron chi connectivity index (χ2n) is 10.1.